The van der Waals surface area contributed by atoms with Crippen LogP contribution in [0.15, 0.2) is 59.1 Å². The molecule has 0 heterocycles. The number of hydrazine groups is 1. The maximum atomic E-state index is 13.4. The summed E-state index contributed by atoms with van der Waals surface area (Å²) < 4.78 is 19.0. The molecule has 2 N–H and O–H groups in total. The fourth-order valence-electron chi connectivity index (χ4n) is 1.83. The first-order valence-corrected chi connectivity index (χ1v) is 8.19. The van der Waals surface area contributed by atoms with Crippen molar-refractivity contribution in [1.82, 2.24) is 10.9 Å². The minimum atomic E-state index is -0.822. The summed E-state index contributed by atoms with van der Waals surface area (Å²) in [6, 6.07) is 12.6. The number of hydrogen-bond acceptors (Lipinski definition) is 4. The molecular weight excluding hydrogens is 407 g/mol. The summed E-state index contributed by atoms with van der Waals surface area (Å²) in [5.74, 6) is -3.03. The molecule has 2 aromatic rings. The molecule has 26 heavy (non-hydrogen) atoms. The van der Waals surface area contributed by atoms with Crippen molar-refractivity contribution in [2.45, 2.75) is 0 Å². The van der Waals surface area contributed by atoms with E-state index in [-0.39, 0.29) is 5.56 Å². The summed E-state index contributed by atoms with van der Waals surface area (Å²) in [5, 5.41) is 0. The van der Waals surface area contributed by atoms with E-state index in [1.165, 1.54) is 30.4 Å². The molecule has 2 aromatic carbocycles. The fraction of sp³-hybridized carbons (Fsp3) is 0.0556. The lowest BCUT2D eigenvalue weighted by Gasteiger charge is -2.07. The topological polar surface area (TPSA) is 84.5 Å². The van der Waals surface area contributed by atoms with Gasteiger partial charge in [0.2, 0.25) is 0 Å². The van der Waals surface area contributed by atoms with Crippen molar-refractivity contribution in [3.05, 3.63) is 76.0 Å². The summed E-state index contributed by atoms with van der Waals surface area (Å²) in [4.78, 5) is 34.8. The fourth-order valence-corrected chi connectivity index (χ4v) is 2.25. The third kappa shape index (κ3) is 6.14. The molecule has 0 aliphatic heterocycles. The van der Waals surface area contributed by atoms with Crippen LogP contribution in [0.2, 0.25) is 0 Å². The van der Waals surface area contributed by atoms with Crippen LogP contribution in [0.25, 0.3) is 6.08 Å². The lowest BCUT2D eigenvalue weighted by atomic mass is 10.2. The SMILES string of the molecule is O=C(COC(=O)/C=C/c1cccc(Br)c1)NNC(=O)c1ccccc1F. The number of carbonyl (C=O) groups excluding carboxylic acids is 3. The van der Waals surface area contributed by atoms with E-state index in [9.17, 15) is 18.8 Å². The minimum Gasteiger partial charge on any atom is -0.452 e. The first-order chi connectivity index (χ1) is 12.5. The predicted molar refractivity (Wildman–Crippen MR) is 96.1 cm³/mol. The smallest absolute Gasteiger partial charge is 0.331 e. The maximum Gasteiger partial charge on any atom is 0.331 e. The summed E-state index contributed by atoms with van der Waals surface area (Å²) in [7, 11) is 0. The van der Waals surface area contributed by atoms with Crippen LogP contribution in [0.4, 0.5) is 4.39 Å². The van der Waals surface area contributed by atoms with Gasteiger partial charge in [-0.3, -0.25) is 20.4 Å². The Hall–Kier alpha value is -3.00. The molecule has 2 amide bonds. The van der Waals surface area contributed by atoms with Gasteiger partial charge in [-0.05, 0) is 35.9 Å². The summed E-state index contributed by atoms with van der Waals surface area (Å²) in [5.41, 5.74) is 4.62. The normalized spacial score (nSPS) is 10.4. The van der Waals surface area contributed by atoms with Gasteiger partial charge in [0, 0.05) is 10.5 Å². The van der Waals surface area contributed by atoms with Crippen LogP contribution < -0.4 is 10.9 Å². The minimum absolute atomic E-state index is 0.221. The van der Waals surface area contributed by atoms with E-state index < -0.39 is 30.2 Å². The van der Waals surface area contributed by atoms with Gasteiger partial charge in [0.25, 0.3) is 11.8 Å². The first kappa shape index (κ1) is 19.3. The molecule has 0 bridgehead atoms. The number of benzene rings is 2. The van der Waals surface area contributed by atoms with Gasteiger partial charge in [-0.25, -0.2) is 9.18 Å². The summed E-state index contributed by atoms with van der Waals surface area (Å²) in [6.07, 6.45) is 2.71. The predicted octanol–water partition coefficient (Wildman–Crippen LogP) is 2.61. The second kappa shape index (κ2) is 9.47. The quantitative estimate of drug-likeness (QED) is 0.442. The van der Waals surface area contributed by atoms with E-state index in [0.29, 0.717) is 0 Å². The Morgan fingerprint density at radius 1 is 1.08 bits per heavy atom. The van der Waals surface area contributed by atoms with Gasteiger partial charge in [-0.15, -0.1) is 0 Å². The van der Waals surface area contributed by atoms with Gasteiger partial charge in [-0.2, -0.15) is 0 Å². The van der Waals surface area contributed by atoms with Gasteiger partial charge >= 0.3 is 5.97 Å². The molecule has 0 radical (unpaired) electrons. The molecule has 0 aliphatic rings. The van der Waals surface area contributed by atoms with Crippen LogP contribution in [0.1, 0.15) is 15.9 Å². The average Bonchev–Trinajstić information content (AvgIpc) is 2.63. The zero-order valence-corrected chi connectivity index (χ0v) is 15.0. The second-order valence-electron chi connectivity index (χ2n) is 4.98. The van der Waals surface area contributed by atoms with Crippen molar-refractivity contribution < 1.29 is 23.5 Å². The van der Waals surface area contributed by atoms with Gasteiger partial charge in [0.15, 0.2) is 6.61 Å². The highest BCUT2D eigenvalue weighted by molar-refractivity contribution is 9.10. The third-order valence-electron chi connectivity index (χ3n) is 3.04. The first-order valence-electron chi connectivity index (χ1n) is 7.40. The van der Waals surface area contributed by atoms with Crippen molar-refractivity contribution in [3.8, 4) is 0 Å². The molecule has 0 unspecified atom stereocenters. The highest BCUT2D eigenvalue weighted by Gasteiger charge is 2.12. The van der Waals surface area contributed by atoms with Gasteiger partial charge in [0.05, 0.1) is 5.56 Å². The van der Waals surface area contributed by atoms with E-state index in [4.69, 9.17) is 4.74 Å². The number of amides is 2. The molecule has 0 spiro atoms. The van der Waals surface area contributed by atoms with E-state index in [0.717, 1.165) is 16.1 Å². The Labute approximate surface area is 157 Å². The molecule has 2 rings (SSSR count). The third-order valence-corrected chi connectivity index (χ3v) is 3.53. The lowest BCUT2D eigenvalue weighted by molar-refractivity contribution is -0.144. The number of ether oxygens (including phenoxy) is 1. The van der Waals surface area contributed by atoms with Gasteiger partial charge in [-0.1, -0.05) is 40.2 Å². The van der Waals surface area contributed by atoms with Gasteiger partial charge in [0.1, 0.15) is 5.82 Å². The zero-order chi connectivity index (χ0) is 18.9. The molecule has 0 aliphatic carbocycles. The number of nitrogens with one attached hydrogen (secondary N) is 2. The molecule has 0 aromatic heterocycles. The molecule has 8 heteroatoms. The van der Waals surface area contributed by atoms with Crippen molar-refractivity contribution in [1.29, 1.82) is 0 Å². The van der Waals surface area contributed by atoms with Crippen LogP contribution in [0.3, 0.4) is 0 Å². The van der Waals surface area contributed by atoms with Crippen molar-refractivity contribution in [2.75, 3.05) is 6.61 Å². The number of carbonyl (C=O) groups is 3. The van der Waals surface area contributed by atoms with Crippen molar-refractivity contribution >= 4 is 39.8 Å². The molecule has 134 valence electrons. The van der Waals surface area contributed by atoms with Crippen LogP contribution in [0.5, 0.6) is 0 Å². The van der Waals surface area contributed by atoms with Crippen LogP contribution in [-0.4, -0.2) is 24.4 Å². The Morgan fingerprint density at radius 2 is 1.85 bits per heavy atom. The number of halogens is 2. The Morgan fingerprint density at radius 3 is 2.58 bits per heavy atom. The molecule has 0 fully saturated rings. The van der Waals surface area contributed by atoms with Crippen LogP contribution >= 0.6 is 15.9 Å². The van der Waals surface area contributed by atoms with Crippen molar-refractivity contribution in [2.24, 2.45) is 0 Å². The second-order valence-corrected chi connectivity index (χ2v) is 5.89. The molecule has 6 nitrogen and oxygen atoms in total. The average molecular weight is 421 g/mol. The van der Waals surface area contributed by atoms with E-state index >= 15 is 0 Å². The summed E-state index contributed by atoms with van der Waals surface area (Å²) >= 11 is 3.31. The maximum absolute atomic E-state index is 13.4. The van der Waals surface area contributed by atoms with E-state index in [1.807, 2.05) is 16.9 Å². The van der Waals surface area contributed by atoms with E-state index in [1.54, 1.807) is 18.2 Å². The lowest BCUT2D eigenvalue weighted by Crippen LogP contribution is -2.43. The monoisotopic (exact) mass is 420 g/mol. The van der Waals surface area contributed by atoms with Crippen LogP contribution in [0, 0.1) is 5.82 Å². The zero-order valence-electron chi connectivity index (χ0n) is 13.4. The molecule has 0 saturated carbocycles. The Balaban J connectivity index is 1.75. The molecule has 0 saturated heterocycles. The standard InChI is InChI=1S/C18H14BrFN2O4/c19-13-5-3-4-12(10-13)8-9-17(24)26-11-16(23)21-22-18(25)14-6-1-2-7-15(14)20/h1-10H,11H2,(H,21,23)(H,22,25)/b9-8+. The highest BCUT2D eigenvalue weighted by Crippen LogP contribution is 2.12. The Bertz CT molecular complexity index is 855. The highest BCUT2D eigenvalue weighted by atomic mass is 79.9. The Kier molecular flexibility index (Phi) is 7.04. The van der Waals surface area contributed by atoms with E-state index in [2.05, 4.69) is 15.9 Å². The van der Waals surface area contributed by atoms with Crippen LogP contribution in [-0.2, 0) is 14.3 Å². The summed E-state index contributed by atoms with van der Waals surface area (Å²) in [6.45, 7) is -0.598. The largest absolute Gasteiger partial charge is 0.452 e. The number of rotatable bonds is 5. The molecular formula is C18H14BrFN2O4. The number of hydrogen-bond donors (Lipinski definition) is 2. The molecule has 0 atom stereocenters. The van der Waals surface area contributed by atoms with Crippen molar-refractivity contribution in [3.63, 3.8) is 0 Å². The van der Waals surface area contributed by atoms with Gasteiger partial charge < -0.3 is 4.74 Å². The number of esters is 1.